The third kappa shape index (κ3) is 6.55. The first-order chi connectivity index (χ1) is 18.7. The van der Waals surface area contributed by atoms with Gasteiger partial charge >= 0.3 is 0 Å². The van der Waals surface area contributed by atoms with Crippen LogP contribution in [0, 0.1) is 6.92 Å². The summed E-state index contributed by atoms with van der Waals surface area (Å²) in [5.41, 5.74) is 10.9. The van der Waals surface area contributed by atoms with Crippen molar-refractivity contribution in [3.05, 3.63) is 76.6 Å². The third-order valence-electron chi connectivity index (χ3n) is 7.75. The first kappa shape index (κ1) is 27.4. The molecule has 0 bridgehead atoms. The molecule has 1 aliphatic heterocycles. The lowest BCUT2D eigenvalue weighted by Gasteiger charge is -2.33. The smallest absolute Gasteiger partial charge is 0.241 e. The number of hydrogen-bond donors (Lipinski definition) is 2. The van der Waals surface area contributed by atoms with Crippen molar-refractivity contribution in [2.45, 2.75) is 56.1 Å². The fourth-order valence-electron chi connectivity index (χ4n) is 5.42. The Kier molecular flexibility index (Phi) is 8.13. The Bertz CT molecular complexity index is 1410. The van der Waals surface area contributed by atoms with Crippen LogP contribution in [0.4, 0.5) is 0 Å². The molecule has 0 saturated carbocycles. The molecule has 208 valence electrons. The van der Waals surface area contributed by atoms with Gasteiger partial charge in [0.2, 0.25) is 15.9 Å². The fraction of sp³-hybridized carbons (Fsp3) is 0.464. The second-order valence-electron chi connectivity index (χ2n) is 10.8. The van der Waals surface area contributed by atoms with Crippen LogP contribution < -0.4 is 10.5 Å². The number of piperazine rings is 1. The Hall–Kier alpha value is -3.12. The van der Waals surface area contributed by atoms with Crippen molar-refractivity contribution in [2.24, 2.45) is 5.73 Å². The predicted molar refractivity (Wildman–Crippen MR) is 149 cm³/mol. The van der Waals surface area contributed by atoms with E-state index >= 15 is 0 Å². The summed E-state index contributed by atoms with van der Waals surface area (Å²) < 4.78 is 30.0. The zero-order chi connectivity index (χ0) is 27.6. The number of nitrogens with zero attached hydrogens (tertiary/aromatic N) is 5. The van der Waals surface area contributed by atoms with Crippen molar-refractivity contribution in [2.75, 3.05) is 33.2 Å². The molecule has 10 nitrogen and oxygen atoms in total. The molecule has 1 fully saturated rings. The highest BCUT2D eigenvalue weighted by atomic mass is 32.2. The van der Waals surface area contributed by atoms with Crippen molar-refractivity contribution in [1.29, 1.82) is 0 Å². The molecule has 0 radical (unpaired) electrons. The number of rotatable bonds is 9. The lowest BCUT2D eigenvalue weighted by molar-refractivity contribution is -0.119. The molecular weight excluding hydrogens is 514 g/mol. The van der Waals surface area contributed by atoms with Gasteiger partial charge in [0.1, 0.15) is 6.04 Å². The standard InChI is InChI=1S/C28H37N7O3S/c1-20-6-9-24(10-7-20)39(37,38)31-26(28(29)36)17-23-19-35(32-30-23)27-5-3-4-22-16-21(8-11-25(22)27)18-34-14-12-33(2)13-15-34/h6-11,16,19,26-27,31H,3-5,12-15,17-18H2,1-2H3,(H2,29,36)/t26-,27?/m1/s1. The molecule has 2 aliphatic rings. The molecule has 1 amide bonds. The highest BCUT2D eigenvalue weighted by Gasteiger charge is 2.27. The molecule has 1 unspecified atom stereocenters. The molecular formula is C28H37N7O3S. The van der Waals surface area contributed by atoms with Crippen molar-refractivity contribution in [3.63, 3.8) is 0 Å². The molecule has 3 aromatic rings. The van der Waals surface area contributed by atoms with Crippen LogP contribution in [0.25, 0.3) is 0 Å². The molecule has 1 aliphatic carbocycles. The summed E-state index contributed by atoms with van der Waals surface area (Å²) in [6, 6.07) is 12.1. The molecule has 11 heteroatoms. The Morgan fingerprint density at radius 1 is 1.13 bits per heavy atom. The lowest BCUT2D eigenvalue weighted by Crippen LogP contribution is -2.45. The van der Waals surface area contributed by atoms with Gasteiger partial charge in [-0.2, -0.15) is 4.72 Å². The van der Waals surface area contributed by atoms with Crippen LogP contribution in [0.5, 0.6) is 0 Å². The second-order valence-corrected chi connectivity index (χ2v) is 12.5. The number of aromatic nitrogens is 3. The van der Waals surface area contributed by atoms with E-state index in [9.17, 15) is 13.2 Å². The number of likely N-dealkylation sites (N-methyl/N-ethyl adjacent to an activating group) is 1. The van der Waals surface area contributed by atoms with Crippen LogP contribution in [0.2, 0.25) is 0 Å². The maximum absolute atomic E-state index is 12.8. The van der Waals surface area contributed by atoms with Crippen LogP contribution in [0.1, 0.15) is 46.8 Å². The van der Waals surface area contributed by atoms with E-state index in [1.54, 1.807) is 18.3 Å². The quantitative estimate of drug-likeness (QED) is 0.414. The van der Waals surface area contributed by atoms with Crippen LogP contribution in [0.3, 0.4) is 0 Å². The number of carbonyl (C=O) groups is 1. The summed E-state index contributed by atoms with van der Waals surface area (Å²) in [5.74, 6) is -0.767. The minimum atomic E-state index is -3.92. The highest BCUT2D eigenvalue weighted by Crippen LogP contribution is 2.33. The highest BCUT2D eigenvalue weighted by molar-refractivity contribution is 7.89. The number of aryl methyl sites for hydroxylation is 2. The van der Waals surface area contributed by atoms with Crippen molar-refractivity contribution >= 4 is 15.9 Å². The molecule has 1 saturated heterocycles. The maximum Gasteiger partial charge on any atom is 0.241 e. The van der Waals surface area contributed by atoms with E-state index in [1.807, 2.05) is 11.6 Å². The summed E-state index contributed by atoms with van der Waals surface area (Å²) in [4.78, 5) is 17.1. The fourth-order valence-corrected chi connectivity index (χ4v) is 6.63. The summed E-state index contributed by atoms with van der Waals surface area (Å²) in [7, 11) is -1.75. The van der Waals surface area contributed by atoms with Gasteiger partial charge < -0.3 is 10.6 Å². The molecule has 2 atom stereocenters. The number of fused-ring (bicyclic) bond motifs is 1. The SMILES string of the molecule is Cc1ccc(S(=O)(=O)N[C@H](Cc2cn(C3CCCc4cc(CN5CCN(C)CC5)ccc43)nn2)C(N)=O)cc1. The lowest BCUT2D eigenvalue weighted by atomic mass is 9.86. The van der Waals surface area contributed by atoms with Gasteiger partial charge in [-0.25, -0.2) is 13.1 Å². The number of primary amides is 1. The number of nitrogens with two attached hydrogens (primary N) is 1. The molecule has 39 heavy (non-hydrogen) atoms. The molecule has 2 heterocycles. The van der Waals surface area contributed by atoms with Gasteiger partial charge in [0, 0.05) is 45.3 Å². The number of carbonyl (C=O) groups excluding carboxylic acids is 1. The largest absolute Gasteiger partial charge is 0.368 e. The number of amides is 1. The van der Waals surface area contributed by atoms with E-state index in [0.29, 0.717) is 5.69 Å². The molecule has 2 aromatic carbocycles. The average molecular weight is 552 g/mol. The van der Waals surface area contributed by atoms with Crippen molar-refractivity contribution < 1.29 is 13.2 Å². The van der Waals surface area contributed by atoms with Gasteiger partial charge in [-0.3, -0.25) is 9.69 Å². The third-order valence-corrected chi connectivity index (χ3v) is 9.24. The van der Waals surface area contributed by atoms with Gasteiger partial charge in [-0.15, -0.1) is 5.10 Å². The normalized spacial score (nSPS) is 19.5. The van der Waals surface area contributed by atoms with Crippen LogP contribution in [0.15, 0.2) is 53.6 Å². The summed E-state index contributed by atoms with van der Waals surface area (Å²) in [5, 5.41) is 8.62. The van der Waals surface area contributed by atoms with E-state index in [-0.39, 0.29) is 17.4 Å². The zero-order valence-corrected chi connectivity index (χ0v) is 23.4. The maximum atomic E-state index is 12.8. The monoisotopic (exact) mass is 551 g/mol. The van der Waals surface area contributed by atoms with Gasteiger partial charge in [-0.05, 0) is 62.1 Å². The topological polar surface area (TPSA) is 126 Å². The van der Waals surface area contributed by atoms with Crippen LogP contribution >= 0.6 is 0 Å². The van der Waals surface area contributed by atoms with E-state index in [2.05, 4.69) is 50.1 Å². The summed E-state index contributed by atoms with van der Waals surface area (Å²) in [6.07, 6.45) is 4.84. The first-order valence-corrected chi connectivity index (χ1v) is 15.0. The molecule has 5 rings (SSSR count). The van der Waals surface area contributed by atoms with Crippen molar-refractivity contribution in [1.82, 2.24) is 29.5 Å². The molecule has 1 aromatic heterocycles. The Balaban J connectivity index is 1.28. The van der Waals surface area contributed by atoms with Crippen LogP contribution in [-0.4, -0.2) is 78.4 Å². The van der Waals surface area contributed by atoms with Gasteiger partial charge in [0.25, 0.3) is 0 Å². The van der Waals surface area contributed by atoms with Crippen molar-refractivity contribution in [3.8, 4) is 0 Å². The minimum absolute atomic E-state index is 0.0178. The molecule has 3 N–H and O–H groups in total. The Morgan fingerprint density at radius 2 is 1.87 bits per heavy atom. The van der Waals surface area contributed by atoms with E-state index in [1.165, 1.54) is 28.8 Å². The first-order valence-electron chi connectivity index (χ1n) is 13.5. The van der Waals surface area contributed by atoms with E-state index in [0.717, 1.165) is 57.5 Å². The summed E-state index contributed by atoms with van der Waals surface area (Å²) in [6.45, 7) is 7.22. The van der Waals surface area contributed by atoms with E-state index < -0.39 is 22.0 Å². The Labute approximate surface area is 230 Å². The zero-order valence-electron chi connectivity index (χ0n) is 22.6. The number of sulfonamides is 1. The van der Waals surface area contributed by atoms with Crippen LogP contribution in [-0.2, 0) is 34.2 Å². The molecule has 0 spiro atoms. The average Bonchev–Trinajstić information content (AvgIpc) is 3.37. The van der Waals surface area contributed by atoms with E-state index in [4.69, 9.17) is 5.73 Å². The van der Waals surface area contributed by atoms with Gasteiger partial charge in [0.05, 0.1) is 16.6 Å². The van der Waals surface area contributed by atoms with Gasteiger partial charge in [-0.1, -0.05) is 41.1 Å². The number of nitrogens with one attached hydrogen (secondary N) is 1. The number of benzene rings is 2. The van der Waals surface area contributed by atoms with Gasteiger partial charge in [0.15, 0.2) is 0 Å². The summed E-state index contributed by atoms with van der Waals surface area (Å²) >= 11 is 0. The second kappa shape index (κ2) is 11.5. The Morgan fingerprint density at radius 3 is 2.59 bits per heavy atom. The predicted octanol–water partition coefficient (Wildman–Crippen LogP) is 1.63. The minimum Gasteiger partial charge on any atom is -0.368 e. The number of hydrogen-bond acceptors (Lipinski definition) is 7.